The molecule has 3 amide bonds. The molecule has 9 nitrogen and oxygen atoms in total. The van der Waals surface area contributed by atoms with Gasteiger partial charge in [0, 0.05) is 31.6 Å². The molecule has 4 rings (SSSR count). The predicted molar refractivity (Wildman–Crippen MR) is 109 cm³/mol. The molecule has 0 aromatic heterocycles. The van der Waals surface area contributed by atoms with Gasteiger partial charge in [-0.25, -0.2) is 13.6 Å². The van der Waals surface area contributed by atoms with Crippen LogP contribution in [0.25, 0.3) is 0 Å². The second-order valence-corrected chi connectivity index (χ2v) is 8.35. The van der Waals surface area contributed by atoms with Crippen LogP contribution in [0.4, 0.5) is 19.3 Å². The third-order valence-electron chi connectivity index (χ3n) is 6.01. The van der Waals surface area contributed by atoms with E-state index in [0.717, 1.165) is 4.90 Å². The van der Waals surface area contributed by atoms with Gasteiger partial charge >= 0.3 is 6.03 Å². The number of benzene rings is 1. The number of amides is 3. The molecule has 176 valence electrons. The van der Waals surface area contributed by atoms with Crippen LogP contribution in [0.2, 0.25) is 0 Å². The lowest BCUT2D eigenvalue weighted by molar-refractivity contribution is -0.135. The van der Waals surface area contributed by atoms with Gasteiger partial charge in [0.2, 0.25) is 5.91 Å². The first-order valence-corrected chi connectivity index (χ1v) is 10.6. The van der Waals surface area contributed by atoms with Gasteiger partial charge in [-0.1, -0.05) is 0 Å². The minimum absolute atomic E-state index is 0.0215. The van der Waals surface area contributed by atoms with E-state index in [1.807, 2.05) is 0 Å². The number of nitrogens with one attached hydrogen (secondary N) is 2. The van der Waals surface area contributed by atoms with Crippen LogP contribution in [0, 0.1) is 0 Å². The average Bonchev–Trinajstić information content (AvgIpc) is 3.41. The second-order valence-electron chi connectivity index (χ2n) is 8.35. The SMILES string of the molecule is COc1ccc(NC(=O)NC[C@H]2O[C@@H]3C[C@@H](CC(=O)N4CCC(F)(F)C4)O[C@@H]3[C@@H]2O)cc1. The topological polar surface area (TPSA) is 109 Å². The summed E-state index contributed by atoms with van der Waals surface area (Å²) in [6, 6.07) is 6.38. The van der Waals surface area contributed by atoms with Gasteiger partial charge in [0.1, 0.15) is 24.1 Å². The Morgan fingerprint density at radius 3 is 2.66 bits per heavy atom. The molecule has 3 aliphatic heterocycles. The monoisotopic (exact) mass is 455 g/mol. The first-order valence-electron chi connectivity index (χ1n) is 10.6. The van der Waals surface area contributed by atoms with Crippen LogP contribution in [0.3, 0.4) is 0 Å². The number of carbonyl (C=O) groups excluding carboxylic acids is 2. The van der Waals surface area contributed by atoms with E-state index in [2.05, 4.69) is 10.6 Å². The fourth-order valence-corrected chi connectivity index (χ4v) is 4.32. The number of methoxy groups -OCH3 is 1. The van der Waals surface area contributed by atoms with Crippen LogP contribution >= 0.6 is 0 Å². The van der Waals surface area contributed by atoms with Crippen molar-refractivity contribution in [1.29, 1.82) is 0 Å². The van der Waals surface area contributed by atoms with Crippen LogP contribution in [0.1, 0.15) is 19.3 Å². The number of urea groups is 1. The number of carbonyl (C=O) groups is 2. The van der Waals surface area contributed by atoms with Gasteiger partial charge in [-0.15, -0.1) is 0 Å². The molecule has 0 spiro atoms. The summed E-state index contributed by atoms with van der Waals surface area (Å²) in [4.78, 5) is 25.5. The van der Waals surface area contributed by atoms with Gasteiger partial charge in [0.05, 0.1) is 32.3 Å². The quantitative estimate of drug-likeness (QED) is 0.598. The number of fused-ring (bicyclic) bond motifs is 1. The summed E-state index contributed by atoms with van der Waals surface area (Å²) in [5.74, 6) is -2.54. The molecule has 0 aliphatic carbocycles. The van der Waals surface area contributed by atoms with E-state index in [-0.39, 0.29) is 31.8 Å². The Morgan fingerprint density at radius 2 is 2.03 bits per heavy atom. The number of hydrogen-bond acceptors (Lipinski definition) is 6. The van der Waals surface area contributed by atoms with Crippen molar-refractivity contribution in [3.8, 4) is 5.75 Å². The van der Waals surface area contributed by atoms with Gasteiger partial charge in [-0.2, -0.15) is 0 Å². The van der Waals surface area contributed by atoms with Crippen molar-refractivity contribution in [1.82, 2.24) is 10.2 Å². The van der Waals surface area contributed by atoms with Crippen molar-refractivity contribution < 1.29 is 37.7 Å². The highest BCUT2D eigenvalue weighted by atomic mass is 19.3. The molecule has 0 saturated carbocycles. The maximum absolute atomic E-state index is 13.3. The first kappa shape index (κ1) is 22.7. The maximum Gasteiger partial charge on any atom is 0.319 e. The number of rotatable bonds is 6. The van der Waals surface area contributed by atoms with Crippen LogP contribution < -0.4 is 15.4 Å². The standard InChI is InChI=1S/C21H27F2N3O6/c1-30-13-4-2-12(3-5-13)25-20(29)24-10-16-18(28)19-15(32-16)8-14(31-19)9-17(27)26-7-6-21(22,23)11-26/h2-5,14-16,18-19,28H,6-11H2,1H3,(H2,24,25,29)/t14-,15+,16+,18+,19-/m0/s1. The molecule has 3 fully saturated rings. The van der Waals surface area contributed by atoms with Crippen molar-refractivity contribution >= 4 is 17.6 Å². The smallest absolute Gasteiger partial charge is 0.319 e. The van der Waals surface area contributed by atoms with E-state index in [9.17, 15) is 23.5 Å². The minimum Gasteiger partial charge on any atom is -0.497 e. The van der Waals surface area contributed by atoms with Crippen molar-refractivity contribution in [2.45, 2.75) is 55.7 Å². The highest BCUT2D eigenvalue weighted by molar-refractivity contribution is 5.89. The maximum atomic E-state index is 13.3. The largest absolute Gasteiger partial charge is 0.497 e. The van der Waals surface area contributed by atoms with Crippen LogP contribution in [-0.2, 0) is 14.3 Å². The number of anilines is 1. The van der Waals surface area contributed by atoms with Crippen molar-refractivity contribution in [2.75, 3.05) is 32.1 Å². The number of aliphatic hydroxyl groups is 1. The molecule has 0 unspecified atom stereocenters. The Hall–Kier alpha value is -2.50. The third kappa shape index (κ3) is 5.11. The summed E-state index contributed by atoms with van der Waals surface area (Å²) in [7, 11) is 1.55. The molecule has 3 saturated heterocycles. The Kier molecular flexibility index (Phi) is 6.50. The number of ether oxygens (including phenoxy) is 3. The van der Waals surface area contributed by atoms with E-state index < -0.39 is 49.0 Å². The molecule has 1 aromatic rings. The van der Waals surface area contributed by atoms with Crippen molar-refractivity contribution in [3.05, 3.63) is 24.3 Å². The third-order valence-corrected chi connectivity index (χ3v) is 6.01. The van der Waals surface area contributed by atoms with Crippen molar-refractivity contribution in [3.63, 3.8) is 0 Å². The summed E-state index contributed by atoms with van der Waals surface area (Å²) in [5, 5.41) is 15.9. The summed E-state index contributed by atoms with van der Waals surface area (Å²) < 4.78 is 43.3. The lowest BCUT2D eigenvalue weighted by Gasteiger charge is -2.22. The Labute approximate surface area is 184 Å². The molecule has 11 heteroatoms. The molecule has 3 aliphatic rings. The van der Waals surface area contributed by atoms with E-state index in [1.165, 1.54) is 0 Å². The van der Waals surface area contributed by atoms with Gasteiger partial charge in [0.15, 0.2) is 0 Å². The summed E-state index contributed by atoms with van der Waals surface area (Å²) in [5.41, 5.74) is 0.583. The Balaban J connectivity index is 1.20. The second kappa shape index (κ2) is 9.16. The molecule has 32 heavy (non-hydrogen) atoms. The molecule has 0 bridgehead atoms. The van der Waals surface area contributed by atoms with Gasteiger partial charge in [0.25, 0.3) is 5.92 Å². The summed E-state index contributed by atoms with van der Waals surface area (Å²) in [6.07, 6.45) is -3.12. The average molecular weight is 455 g/mol. The highest BCUT2D eigenvalue weighted by Gasteiger charge is 2.51. The lowest BCUT2D eigenvalue weighted by atomic mass is 10.1. The molecule has 5 atom stereocenters. The molecule has 1 aromatic carbocycles. The molecular formula is C21H27F2N3O6. The number of halogens is 2. The fraction of sp³-hybridized carbons (Fsp3) is 0.619. The lowest BCUT2D eigenvalue weighted by Crippen LogP contribution is -2.42. The van der Waals surface area contributed by atoms with E-state index in [4.69, 9.17) is 14.2 Å². The zero-order valence-corrected chi connectivity index (χ0v) is 17.6. The molecule has 3 N–H and O–H groups in total. The Morgan fingerprint density at radius 1 is 1.28 bits per heavy atom. The fourth-order valence-electron chi connectivity index (χ4n) is 4.32. The zero-order chi connectivity index (χ0) is 22.9. The number of alkyl halides is 2. The number of likely N-dealkylation sites (tertiary alicyclic amines) is 1. The van der Waals surface area contributed by atoms with Gasteiger partial charge in [-0.05, 0) is 24.3 Å². The Bertz CT molecular complexity index is 839. The predicted octanol–water partition coefficient (Wildman–Crippen LogP) is 1.36. The molecule has 0 radical (unpaired) electrons. The van der Waals surface area contributed by atoms with E-state index in [0.29, 0.717) is 17.9 Å². The van der Waals surface area contributed by atoms with E-state index in [1.54, 1.807) is 31.4 Å². The number of nitrogens with zero attached hydrogens (tertiary/aromatic N) is 1. The van der Waals surface area contributed by atoms with Crippen LogP contribution in [-0.4, -0.2) is 85.1 Å². The summed E-state index contributed by atoms with van der Waals surface area (Å²) >= 11 is 0. The normalized spacial score (nSPS) is 30.8. The number of aliphatic hydroxyl groups excluding tert-OH is 1. The zero-order valence-electron chi connectivity index (χ0n) is 17.6. The highest BCUT2D eigenvalue weighted by Crippen LogP contribution is 2.36. The van der Waals surface area contributed by atoms with Gasteiger partial charge in [-0.3, -0.25) is 4.79 Å². The minimum atomic E-state index is -2.83. The molecule has 3 heterocycles. The van der Waals surface area contributed by atoms with Crippen molar-refractivity contribution in [2.24, 2.45) is 0 Å². The first-order chi connectivity index (χ1) is 15.2. The van der Waals surface area contributed by atoms with E-state index >= 15 is 0 Å². The molecular weight excluding hydrogens is 428 g/mol. The number of hydrogen-bond donors (Lipinski definition) is 3. The van der Waals surface area contributed by atoms with Crippen LogP contribution in [0.15, 0.2) is 24.3 Å². The summed E-state index contributed by atoms with van der Waals surface area (Å²) in [6.45, 7) is -0.445. The van der Waals surface area contributed by atoms with Gasteiger partial charge < -0.3 is 34.9 Å². The van der Waals surface area contributed by atoms with Crippen LogP contribution in [0.5, 0.6) is 5.75 Å².